The highest BCUT2D eigenvalue weighted by Crippen LogP contribution is 2.23. The van der Waals surface area contributed by atoms with Crippen LogP contribution in [0.1, 0.15) is 18.9 Å². The first-order valence-corrected chi connectivity index (χ1v) is 5.47. The van der Waals surface area contributed by atoms with E-state index in [1.165, 1.54) is 12.1 Å². The van der Waals surface area contributed by atoms with Crippen molar-refractivity contribution in [2.75, 3.05) is 0 Å². The number of hydrogen-bond donors (Lipinski definition) is 0. The minimum absolute atomic E-state index is 0.333. The molecule has 0 aliphatic carbocycles. The summed E-state index contributed by atoms with van der Waals surface area (Å²) < 4.78 is 15.4. The normalized spacial score (nSPS) is 10.2. The third-order valence-electron chi connectivity index (χ3n) is 2.49. The summed E-state index contributed by atoms with van der Waals surface area (Å²) in [5, 5.41) is 12.9. The monoisotopic (exact) mass is 229 g/mol. The molecule has 1 aromatic carbocycles. The van der Waals surface area contributed by atoms with E-state index in [-0.39, 0.29) is 5.82 Å². The van der Waals surface area contributed by atoms with Crippen molar-refractivity contribution in [1.29, 1.82) is 5.26 Å². The first-order valence-electron chi connectivity index (χ1n) is 5.47. The number of benzene rings is 1. The van der Waals surface area contributed by atoms with E-state index in [1.54, 1.807) is 23.1 Å². The topological polar surface area (TPSA) is 41.6 Å². The molecule has 0 saturated carbocycles. The van der Waals surface area contributed by atoms with E-state index in [1.807, 2.05) is 6.07 Å². The molecule has 0 aliphatic heterocycles. The fraction of sp³-hybridized carbons (Fsp3) is 0.231. The van der Waals surface area contributed by atoms with Crippen LogP contribution in [-0.2, 0) is 6.54 Å². The van der Waals surface area contributed by atoms with Crippen LogP contribution in [0.4, 0.5) is 4.39 Å². The predicted molar refractivity (Wildman–Crippen MR) is 62.6 cm³/mol. The Labute approximate surface area is 99.1 Å². The summed E-state index contributed by atoms with van der Waals surface area (Å²) in [7, 11) is 0. The average Bonchev–Trinajstić information content (AvgIpc) is 2.79. The molecule has 1 heterocycles. The molecule has 0 N–H and O–H groups in total. The fourth-order valence-electron chi connectivity index (χ4n) is 1.67. The second-order valence-electron chi connectivity index (χ2n) is 3.80. The Morgan fingerprint density at radius 3 is 3.00 bits per heavy atom. The van der Waals surface area contributed by atoms with Gasteiger partial charge in [0.2, 0.25) is 0 Å². The summed E-state index contributed by atoms with van der Waals surface area (Å²) in [4.78, 5) is 0. The Bertz CT molecular complexity index is 566. The van der Waals surface area contributed by atoms with Crippen molar-refractivity contribution in [2.24, 2.45) is 0 Å². The molecular formula is C13H12FN3. The highest BCUT2D eigenvalue weighted by Gasteiger charge is 2.08. The van der Waals surface area contributed by atoms with Gasteiger partial charge in [-0.3, -0.25) is 4.68 Å². The van der Waals surface area contributed by atoms with Crippen molar-refractivity contribution in [3.05, 3.63) is 42.0 Å². The Morgan fingerprint density at radius 2 is 2.29 bits per heavy atom. The molecule has 0 aliphatic rings. The lowest BCUT2D eigenvalue weighted by Crippen LogP contribution is -1.95. The maximum atomic E-state index is 13.6. The summed E-state index contributed by atoms with van der Waals surface area (Å²) in [6.45, 7) is 2.86. The lowest BCUT2D eigenvalue weighted by molar-refractivity contribution is 0.602. The van der Waals surface area contributed by atoms with Gasteiger partial charge in [-0.15, -0.1) is 0 Å². The molecule has 86 valence electrons. The molecule has 2 rings (SSSR count). The molecule has 0 amide bonds. The second kappa shape index (κ2) is 4.79. The van der Waals surface area contributed by atoms with E-state index in [2.05, 4.69) is 12.0 Å². The van der Waals surface area contributed by atoms with Gasteiger partial charge in [0.1, 0.15) is 5.82 Å². The fourth-order valence-corrected chi connectivity index (χ4v) is 1.67. The van der Waals surface area contributed by atoms with Gasteiger partial charge in [-0.25, -0.2) is 4.39 Å². The van der Waals surface area contributed by atoms with Gasteiger partial charge in [0.05, 0.1) is 17.8 Å². The Balaban J connectivity index is 2.41. The van der Waals surface area contributed by atoms with Gasteiger partial charge < -0.3 is 0 Å². The lowest BCUT2D eigenvalue weighted by atomic mass is 10.1. The van der Waals surface area contributed by atoms with Crippen LogP contribution in [0.5, 0.6) is 0 Å². The van der Waals surface area contributed by atoms with Gasteiger partial charge in [-0.1, -0.05) is 6.92 Å². The van der Waals surface area contributed by atoms with Gasteiger partial charge in [0.15, 0.2) is 0 Å². The van der Waals surface area contributed by atoms with Crippen LogP contribution in [-0.4, -0.2) is 9.78 Å². The molecular weight excluding hydrogens is 217 g/mol. The van der Waals surface area contributed by atoms with Crippen molar-refractivity contribution in [3.8, 4) is 17.2 Å². The molecule has 0 spiro atoms. The minimum Gasteiger partial charge on any atom is -0.272 e. The highest BCUT2D eigenvalue weighted by molar-refractivity contribution is 5.64. The van der Waals surface area contributed by atoms with Crippen LogP contribution >= 0.6 is 0 Å². The molecule has 3 nitrogen and oxygen atoms in total. The summed E-state index contributed by atoms with van der Waals surface area (Å²) in [5.41, 5.74) is 1.57. The van der Waals surface area contributed by atoms with E-state index in [0.717, 1.165) is 13.0 Å². The van der Waals surface area contributed by atoms with Crippen molar-refractivity contribution in [3.63, 3.8) is 0 Å². The van der Waals surface area contributed by atoms with E-state index >= 15 is 0 Å². The molecule has 17 heavy (non-hydrogen) atoms. The number of rotatable bonds is 3. The highest BCUT2D eigenvalue weighted by atomic mass is 19.1. The quantitative estimate of drug-likeness (QED) is 0.811. The second-order valence-corrected chi connectivity index (χ2v) is 3.80. The van der Waals surface area contributed by atoms with Crippen LogP contribution in [0, 0.1) is 17.1 Å². The number of nitriles is 1. The maximum Gasteiger partial charge on any atom is 0.131 e. The summed E-state index contributed by atoms with van der Waals surface area (Å²) in [6, 6.07) is 6.32. The zero-order chi connectivity index (χ0) is 12.3. The first kappa shape index (κ1) is 11.3. The largest absolute Gasteiger partial charge is 0.272 e. The summed E-state index contributed by atoms with van der Waals surface area (Å²) in [6.07, 6.45) is 4.39. The van der Waals surface area contributed by atoms with Crippen molar-refractivity contribution < 1.29 is 4.39 Å². The number of aromatic nitrogens is 2. The van der Waals surface area contributed by atoms with Crippen molar-refractivity contribution >= 4 is 0 Å². The molecule has 2 aromatic rings. The van der Waals surface area contributed by atoms with Crippen LogP contribution in [0.25, 0.3) is 11.1 Å². The van der Waals surface area contributed by atoms with Crippen LogP contribution in [0.3, 0.4) is 0 Å². The number of hydrogen-bond acceptors (Lipinski definition) is 2. The summed E-state index contributed by atoms with van der Waals surface area (Å²) in [5.74, 6) is -0.333. The van der Waals surface area contributed by atoms with Gasteiger partial charge >= 0.3 is 0 Å². The predicted octanol–water partition coefficient (Wildman–Crippen LogP) is 2.97. The van der Waals surface area contributed by atoms with Crippen LogP contribution in [0.15, 0.2) is 30.6 Å². The Morgan fingerprint density at radius 1 is 1.47 bits per heavy atom. The van der Waals surface area contributed by atoms with Crippen molar-refractivity contribution in [2.45, 2.75) is 19.9 Å². The van der Waals surface area contributed by atoms with Gasteiger partial charge in [0.25, 0.3) is 0 Å². The molecule has 0 radical (unpaired) electrons. The van der Waals surface area contributed by atoms with Crippen molar-refractivity contribution in [1.82, 2.24) is 9.78 Å². The Kier molecular flexibility index (Phi) is 3.20. The first-order chi connectivity index (χ1) is 8.24. The lowest BCUT2D eigenvalue weighted by Gasteiger charge is -2.00. The standard InChI is InChI=1S/C13H12FN3/c1-2-5-17-9-11(8-16-17)12-6-10(7-15)3-4-13(12)14/h3-4,6,8-9H,2,5H2,1H3. The molecule has 1 aromatic heterocycles. The number of aryl methyl sites for hydroxylation is 1. The molecule has 0 unspecified atom stereocenters. The molecule has 0 bridgehead atoms. The van der Waals surface area contributed by atoms with E-state index in [0.29, 0.717) is 16.7 Å². The SMILES string of the molecule is CCCn1cc(-c2cc(C#N)ccc2F)cn1. The van der Waals surface area contributed by atoms with Gasteiger partial charge in [-0.2, -0.15) is 10.4 Å². The van der Waals surface area contributed by atoms with Crippen LogP contribution < -0.4 is 0 Å². The van der Waals surface area contributed by atoms with E-state index in [4.69, 9.17) is 5.26 Å². The molecule has 4 heteroatoms. The zero-order valence-electron chi connectivity index (χ0n) is 9.52. The molecule has 0 saturated heterocycles. The van der Waals surface area contributed by atoms with Crippen LogP contribution in [0.2, 0.25) is 0 Å². The number of nitrogens with zero attached hydrogens (tertiary/aromatic N) is 3. The van der Waals surface area contributed by atoms with E-state index < -0.39 is 0 Å². The average molecular weight is 229 g/mol. The minimum atomic E-state index is -0.333. The summed E-state index contributed by atoms with van der Waals surface area (Å²) >= 11 is 0. The third kappa shape index (κ3) is 2.34. The zero-order valence-corrected chi connectivity index (χ0v) is 9.52. The van der Waals surface area contributed by atoms with Gasteiger partial charge in [-0.05, 0) is 24.6 Å². The maximum absolute atomic E-state index is 13.6. The van der Waals surface area contributed by atoms with E-state index in [9.17, 15) is 4.39 Å². The Hall–Kier alpha value is -2.15. The van der Waals surface area contributed by atoms with Gasteiger partial charge in [0, 0.05) is 23.9 Å². The molecule has 0 atom stereocenters. The smallest absolute Gasteiger partial charge is 0.131 e. The third-order valence-corrected chi connectivity index (χ3v) is 2.49. The number of halogens is 1. The molecule has 0 fully saturated rings.